The average Bonchev–Trinajstić information content (AvgIpc) is 3.43. The number of aliphatic carboxylic acids is 1. The van der Waals surface area contributed by atoms with Crippen LogP contribution in [0.2, 0.25) is 0 Å². The highest BCUT2D eigenvalue weighted by atomic mass is 32.1. The van der Waals surface area contributed by atoms with E-state index in [4.69, 9.17) is 14.0 Å². The molecule has 1 aliphatic carbocycles. The molecular formula is C29H30F2N5O6PS. The Kier molecular flexibility index (Phi) is 8.18. The van der Waals surface area contributed by atoms with Gasteiger partial charge < -0.3 is 24.8 Å². The van der Waals surface area contributed by atoms with Crippen LogP contribution in [0.25, 0.3) is 10.9 Å². The summed E-state index contributed by atoms with van der Waals surface area (Å²) in [5, 5.41) is 16.0. The molecule has 2 aromatic carbocycles. The van der Waals surface area contributed by atoms with E-state index in [1.54, 1.807) is 35.2 Å². The number of anilines is 1. The summed E-state index contributed by atoms with van der Waals surface area (Å²) in [5.74, 6) is -2.66. The zero-order valence-electron chi connectivity index (χ0n) is 23.6. The average molecular weight is 646 g/mol. The largest absolute Gasteiger partial charge is 0.480 e. The van der Waals surface area contributed by atoms with Crippen LogP contribution in [0.4, 0.5) is 13.9 Å². The molecule has 0 radical (unpaired) electrons. The van der Waals surface area contributed by atoms with Gasteiger partial charge in [-0.15, -0.1) is 0 Å². The summed E-state index contributed by atoms with van der Waals surface area (Å²) < 4.78 is 52.7. The monoisotopic (exact) mass is 645 g/mol. The number of para-hydroxylation sites is 1. The molecule has 2 aliphatic rings. The predicted molar refractivity (Wildman–Crippen MR) is 160 cm³/mol. The third kappa shape index (κ3) is 6.63. The fourth-order valence-electron chi connectivity index (χ4n) is 4.93. The van der Waals surface area contributed by atoms with Crippen molar-refractivity contribution in [3.8, 4) is 5.75 Å². The summed E-state index contributed by atoms with van der Waals surface area (Å²) >= 11 is 1.43. The maximum atomic E-state index is 14.2. The van der Waals surface area contributed by atoms with E-state index in [-0.39, 0.29) is 40.3 Å². The number of thiazole rings is 1. The van der Waals surface area contributed by atoms with Crippen LogP contribution < -0.4 is 14.9 Å². The highest BCUT2D eigenvalue weighted by molar-refractivity contribution is 7.52. The molecule has 15 heteroatoms. The number of carbonyl (C=O) groups excluding carboxylic acids is 1. The number of nitrogens with zero attached hydrogens (tertiary/aromatic N) is 2. The minimum absolute atomic E-state index is 0.0752. The molecule has 4 N–H and O–H groups in total. The molecule has 2 atom stereocenters. The molecular weight excluding hydrogens is 615 g/mol. The Balaban J connectivity index is 1.07. The van der Waals surface area contributed by atoms with Gasteiger partial charge in [-0.25, -0.2) is 18.3 Å². The number of halogens is 2. The Hall–Kier alpha value is -3.84. The molecule has 2 aromatic heterocycles. The van der Waals surface area contributed by atoms with E-state index in [2.05, 4.69) is 15.4 Å². The maximum Gasteiger partial charge on any atom is 0.459 e. The minimum Gasteiger partial charge on any atom is -0.480 e. The number of carbonyl (C=O) groups is 2. The number of fused-ring (bicyclic) bond motifs is 2. The van der Waals surface area contributed by atoms with Gasteiger partial charge in [0.1, 0.15) is 29.1 Å². The standard InChI is InChI=1S/C29H30F2N5O6PS/c1-17(27(38)39)35-43(40,42-19-5-3-2-4-6-19)41-16-29(8-9-29)15-32-28-34-22-7-10-36(14-25(22)44-28)26(37)24-13-20-21(31)11-18(30)12-23(20)33-24/h2-6,11-13,17,33H,7-10,14-16H2,1H3,(H,32,34)(H,35,40)(H,38,39)/t17-,43?/m0/s1. The van der Waals surface area contributed by atoms with Crippen molar-refractivity contribution in [2.75, 3.05) is 25.0 Å². The van der Waals surface area contributed by atoms with Crippen molar-refractivity contribution in [3.63, 3.8) is 0 Å². The van der Waals surface area contributed by atoms with Gasteiger partial charge in [0.05, 0.1) is 24.4 Å². The molecule has 6 rings (SSSR count). The summed E-state index contributed by atoms with van der Waals surface area (Å²) in [6.07, 6.45) is 2.16. The first-order chi connectivity index (χ1) is 21.0. The second-order valence-electron chi connectivity index (χ2n) is 11.1. The van der Waals surface area contributed by atoms with Crippen molar-refractivity contribution >= 4 is 47.0 Å². The zero-order chi connectivity index (χ0) is 31.1. The minimum atomic E-state index is -4.02. The van der Waals surface area contributed by atoms with Gasteiger partial charge in [-0.1, -0.05) is 29.5 Å². The van der Waals surface area contributed by atoms with Crippen LogP contribution in [0.3, 0.4) is 0 Å². The molecule has 1 fully saturated rings. The number of aromatic nitrogens is 2. The second-order valence-corrected chi connectivity index (χ2v) is 13.9. The molecule has 4 aromatic rings. The highest BCUT2D eigenvalue weighted by Gasteiger charge is 2.46. The molecule has 1 aliphatic heterocycles. The van der Waals surface area contributed by atoms with Gasteiger partial charge in [0.15, 0.2) is 5.13 Å². The number of aromatic amines is 1. The Labute approximate surface area is 255 Å². The molecule has 11 nitrogen and oxygen atoms in total. The first kappa shape index (κ1) is 30.2. The smallest absolute Gasteiger partial charge is 0.459 e. The van der Waals surface area contributed by atoms with Gasteiger partial charge >= 0.3 is 13.7 Å². The fourth-order valence-corrected chi connectivity index (χ4v) is 7.55. The number of carboxylic acids is 1. The van der Waals surface area contributed by atoms with E-state index < -0.39 is 31.4 Å². The molecule has 232 valence electrons. The van der Waals surface area contributed by atoms with Gasteiger partial charge in [-0.05, 0) is 44.0 Å². The van der Waals surface area contributed by atoms with Gasteiger partial charge in [-0.3, -0.25) is 14.1 Å². The number of nitrogens with one attached hydrogen (secondary N) is 3. The number of carboxylic acid groups (broad SMARTS) is 1. The number of hydrogen-bond donors (Lipinski definition) is 4. The third-order valence-corrected chi connectivity index (χ3v) is 10.4. The quantitative estimate of drug-likeness (QED) is 0.146. The van der Waals surface area contributed by atoms with Crippen LogP contribution in [-0.2, 0) is 26.8 Å². The molecule has 1 unspecified atom stereocenters. The highest BCUT2D eigenvalue weighted by Crippen LogP contribution is 2.52. The van der Waals surface area contributed by atoms with Gasteiger partial charge in [0.2, 0.25) is 0 Å². The molecule has 0 spiro atoms. The van der Waals surface area contributed by atoms with Crippen LogP contribution in [-0.4, -0.2) is 57.6 Å². The molecule has 3 heterocycles. The lowest BCUT2D eigenvalue weighted by molar-refractivity contribution is -0.138. The SMILES string of the molecule is C[C@H](NP(=O)(OCC1(CNc2nc3c(s2)CN(C(=O)c2cc4c(F)cc(F)cc4[nH]2)CC3)CC1)Oc1ccccc1)C(=O)O. The van der Waals surface area contributed by atoms with E-state index in [9.17, 15) is 28.0 Å². The number of benzene rings is 2. The van der Waals surface area contributed by atoms with Crippen molar-refractivity contribution in [1.29, 1.82) is 0 Å². The lowest BCUT2D eigenvalue weighted by Gasteiger charge is -2.25. The summed E-state index contributed by atoms with van der Waals surface area (Å²) in [7, 11) is -4.02. The van der Waals surface area contributed by atoms with E-state index in [0.29, 0.717) is 31.2 Å². The summed E-state index contributed by atoms with van der Waals surface area (Å²) in [6.45, 7) is 2.69. The number of amides is 1. The van der Waals surface area contributed by atoms with E-state index >= 15 is 0 Å². The normalized spacial score (nSPS) is 17.5. The first-order valence-corrected chi connectivity index (χ1v) is 16.4. The molecule has 1 saturated carbocycles. The van der Waals surface area contributed by atoms with Crippen LogP contribution >= 0.6 is 19.1 Å². The van der Waals surface area contributed by atoms with Crippen molar-refractivity contribution in [3.05, 3.63) is 76.4 Å². The van der Waals surface area contributed by atoms with Gasteiger partial charge in [0, 0.05) is 41.3 Å². The number of rotatable bonds is 12. The lowest BCUT2D eigenvalue weighted by atomic mass is 10.1. The van der Waals surface area contributed by atoms with Crippen molar-refractivity contribution < 1.29 is 37.1 Å². The topological polar surface area (TPSA) is 146 Å². The Morgan fingerprint density at radius 3 is 2.73 bits per heavy atom. The second kappa shape index (κ2) is 11.9. The van der Waals surface area contributed by atoms with E-state index in [1.807, 2.05) is 0 Å². The van der Waals surface area contributed by atoms with Crippen LogP contribution in [0.1, 0.15) is 40.8 Å². The van der Waals surface area contributed by atoms with Crippen molar-refractivity contribution in [2.45, 2.75) is 38.8 Å². The van der Waals surface area contributed by atoms with Gasteiger partial charge in [-0.2, -0.15) is 5.09 Å². The maximum absolute atomic E-state index is 14.2. The lowest BCUT2D eigenvalue weighted by Crippen LogP contribution is -2.35. The number of hydrogen-bond acceptors (Lipinski definition) is 8. The molecule has 0 bridgehead atoms. The van der Waals surface area contributed by atoms with Crippen LogP contribution in [0.15, 0.2) is 48.5 Å². The van der Waals surface area contributed by atoms with Crippen LogP contribution in [0, 0.1) is 17.0 Å². The zero-order valence-corrected chi connectivity index (χ0v) is 25.4. The Bertz CT molecular complexity index is 1760. The van der Waals surface area contributed by atoms with Crippen LogP contribution in [0.5, 0.6) is 5.75 Å². The summed E-state index contributed by atoms with van der Waals surface area (Å²) in [6, 6.07) is 10.6. The summed E-state index contributed by atoms with van der Waals surface area (Å²) in [4.78, 5) is 34.7. The number of H-pyrrole nitrogens is 1. The van der Waals surface area contributed by atoms with E-state index in [1.165, 1.54) is 24.3 Å². The third-order valence-electron chi connectivity index (χ3n) is 7.70. The Morgan fingerprint density at radius 1 is 1.23 bits per heavy atom. The van der Waals surface area contributed by atoms with Gasteiger partial charge in [0.25, 0.3) is 5.91 Å². The van der Waals surface area contributed by atoms with Crippen molar-refractivity contribution in [1.82, 2.24) is 20.0 Å². The molecule has 0 saturated heterocycles. The fraction of sp³-hybridized carbons (Fsp3) is 0.345. The van der Waals surface area contributed by atoms with E-state index in [0.717, 1.165) is 35.5 Å². The predicted octanol–water partition coefficient (Wildman–Crippen LogP) is 5.56. The first-order valence-electron chi connectivity index (χ1n) is 14.0. The molecule has 1 amide bonds. The Morgan fingerprint density at radius 2 is 2.00 bits per heavy atom. The summed E-state index contributed by atoms with van der Waals surface area (Å²) in [5.41, 5.74) is 0.968. The molecule has 44 heavy (non-hydrogen) atoms. The van der Waals surface area contributed by atoms with Crippen molar-refractivity contribution in [2.24, 2.45) is 5.41 Å².